The van der Waals surface area contributed by atoms with Gasteiger partial charge in [0.1, 0.15) is 16.8 Å². The van der Waals surface area contributed by atoms with Gasteiger partial charge in [0.15, 0.2) is 0 Å². The summed E-state index contributed by atoms with van der Waals surface area (Å²) in [5, 5.41) is 0. The third-order valence-corrected chi connectivity index (χ3v) is 5.12. The van der Waals surface area contributed by atoms with E-state index in [1.54, 1.807) is 29.5 Å². The van der Waals surface area contributed by atoms with E-state index in [4.69, 9.17) is 0 Å². The van der Waals surface area contributed by atoms with Crippen molar-refractivity contribution in [3.05, 3.63) is 34.2 Å². The van der Waals surface area contributed by atoms with Crippen molar-refractivity contribution in [3.8, 4) is 0 Å². The van der Waals surface area contributed by atoms with E-state index in [9.17, 15) is 26.4 Å². The number of unbranched alkanes of at least 4 members (excludes halogenated alkanes) is 1. The Bertz CT molecular complexity index is 1070. The van der Waals surface area contributed by atoms with E-state index in [1.165, 1.54) is 9.29 Å². The van der Waals surface area contributed by atoms with Gasteiger partial charge in [0.25, 0.3) is 5.56 Å². The number of aromatic nitrogens is 3. The number of halogens is 3. The largest absolute Gasteiger partial charge is 0.511 e. The van der Waals surface area contributed by atoms with Crippen LogP contribution in [0.1, 0.15) is 18.5 Å². The van der Waals surface area contributed by atoms with Crippen LogP contribution in [0.4, 0.5) is 13.2 Å². The molecule has 0 saturated heterocycles. The second-order valence-corrected chi connectivity index (χ2v) is 7.39. The molecule has 0 aliphatic carbocycles. The lowest BCUT2D eigenvalue weighted by Crippen LogP contribution is -2.37. The van der Waals surface area contributed by atoms with Crippen LogP contribution in [0.15, 0.2) is 23.0 Å². The quantitative estimate of drug-likeness (QED) is 0.663. The molecule has 11 heteroatoms. The lowest BCUT2D eigenvalue weighted by molar-refractivity contribution is -0.0447. The predicted octanol–water partition coefficient (Wildman–Crippen LogP) is 1.61. The Labute approximate surface area is 140 Å². The van der Waals surface area contributed by atoms with Crippen LogP contribution in [0.5, 0.6) is 0 Å². The van der Waals surface area contributed by atoms with Gasteiger partial charge in [-0.05, 0) is 31.9 Å². The van der Waals surface area contributed by atoms with E-state index in [-0.39, 0.29) is 25.1 Å². The Hall–Kier alpha value is -2.14. The highest BCUT2D eigenvalue weighted by molar-refractivity contribution is 7.90. The van der Waals surface area contributed by atoms with Gasteiger partial charge < -0.3 is 0 Å². The minimum Gasteiger partial charge on any atom is -0.292 e. The van der Waals surface area contributed by atoms with E-state index in [1.807, 2.05) is 0 Å². The molecule has 0 aliphatic heterocycles. The molecule has 0 aliphatic rings. The Morgan fingerprint density at radius 3 is 2.64 bits per heavy atom. The SMILES string of the molecule is Cc1nc2cccc3n(CCCCNS(=O)(=O)C(F)(F)F)c(=O)c1n23. The first-order valence-electron chi connectivity index (χ1n) is 7.49. The number of nitrogens with zero attached hydrogens (tertiary/aromatic N) is 3. The molecule has 0 atom stereocenters. The number of alkyl halides is 3. The molecular formula is C14H15F3N4O3S. The molecule has 3 heterocycles. The van der Waals surface area contributed by atoms with E-state index in [0.29, 0.717) is 28.9 Å². The van der Waals surface area contributed by atoms with Crippen LogP contribution in [-0.4, -0.2) is 34.4 Å². The summed E-state index contributed by atoms with van der Waals surface area (Å²) in [6.45, 7) is 1.66. The molecule has 3 rings (SSSR count). The Morgan fingerprint density at radius 2 is 1.96 bits per heavy atom. The Kier molecular flexibility index (Phi) is 4.23. The Balaban J connectivity index is 1.70. The third-order valence-electron chi connectivity index (χ3n) is 3.93. The summed E-state index contributed by atoms with van der Waals surface area (Å²) < 4.78 is 63.2. The molecule has 1 N–H and O–H groups in total. The maximum Gasteiger partial charge on any atom is 0.511 e. The van der Waals surface area contributed by atoms with Crippen molar-refractivity contribution in [3.63, 3.8) is 0 Å². The van der Waals surface area contributed by atoms with Crippen molar-refractivity contribution in [1.29, 1.82) is 0 Å². The van der Waals surface area contributed by atoms with Gasteiger partial charge in [-0.1, -0.05) is 6.07 Å². The van der Waals surface area contributed by atoms with Gasteiger partial charge in [-0.15, -0.1) is 0 Å². The topological polar surface area (TPSA) is 85.5 Å². The molecule has 25 heavy (non-hydrogen) atoms. The predicted molar refractivity (Wildman–Crippen MR) is 85.1 cm³/mol. The average Bonchev–Trinajstić information content (AvgIpc) is 2.99. The Morgan fingerprint density at radius 1 is 1.24 bits per heavy atom. The van der Waals surface area contributed by atoms with Gasteiger partial charge in [-0.3, -0.25) is 13.8 Å². The summed E-state index contributed by atoms with van der Waals surface area (Å²) in [6.07, 6.45) is 0.515. The summed E-state index contributed by atoms with van der Waals surface area (Å²) in [5.41, 5.74) is -3.15. The molecule has 0 saturated carbocycles. The fourth-order valence-electron chi connectivity index (χ4n) is 2.78. The van der Waals surface area contributed by atoms with E-state index in [2.05, 4.69) is 4.98 Å². The van der Waals surface area contributed by atoms with Crippen molar-refractivity contribution in [2.45, 2.75) is 31.8 Å². The fraction of sp³-hybridized carbons (Fsp3) is 0.429. The maximum atomic E-state index is 12.5. The zero-order chi connectivity index (χ0) is 18.4. The number of hydrogen-bond donors (Lipinski definition) is 1. The third kappa shape index (κ3) is 2.97. The molecule has 0 spiro atoms. The monoisotopic (exact) mass is 376 g/mol. The zero-order valence-electron chi connectivity index (χ0n) is 13.2. The molecular weight excluding hydrogens is 361 g/mol. The maximum absolute atomic E-state index is 12.5. The van der Waals surface area contributed by atoms with E-state index < -0.39 is 15.5 Å². The smallest absolute Gasteiger partial charge is 0.292 e. The standard InChI is InChI=1S/C14H15F3N4O3S/c1-9-12-13(22)20(11-6-4-5-10(19-9)21(11)12)8-3-2-7-18-25(23,24)14(15,16)17/h4-6,18H,2-3,7-8H2,1H3. The second-order valence-electron chi connectivity index (χ2n) is 5.63. The van der Waals surface area contributed by atoms with Crippen LogP contribution < -0.4 is 10.3 Å². The molecule has 0 radical (unpaired) electrons. The highest BCUT2D eigenvalue weighted by atomic mass is 32.2. The minimum absolute atomic E-state index is 0.168. The lowest BCUT2D eigenvalue weighted by Gasteiger charge is -2.09. The molecule has 0 bridgehead atoms. The first-order valence-corrected chi connectivity index (χ1v) is 8.97. The van der Waals surface area contributed by atoms with Crippen molar-refractivity contribution in [1.82, 2.24) is 18.7 Å². The van der Waals surface area contributed by atoms with Gasteiger partial charge in [0.2, 0.25) is 0 Å². The van der Waals surface area contributed by atoms with Crippen molar-refractivity contribution in [2.75, 3.05) is 6.54 Å². The number of rotatable bonds is 6. The summed E-state index contributed by atoms with van der Waals surface area (Å²) in [4.78, 5) is 16.8. The highest BCUT2D eigenvalue weighted by Crippen LogP contribution is 2.21. The van der Waals surface area contributed by atoms with E-state index in [0.717, 1.165) is 0 Å². The normalized spacial score (nSPS) is 13.3. The fourth-order valence-corrected chi connectivity index (χ4v) is 3.36. The number of hydrogen-bond acceptors (Lipinski definition) is 4. The first-order chi connectivity index (χ1) is 11.6. The first kappa shape index (κ1) is 17.7. The van der Waals surface area contributed by atoms with Crippen molar-refractivity contribution < 1.29 is 21.6 Å². The summed E-state index contributed by atoms with van der Waals surface area (Å²) >= 11 is 0. The number of sulfonamides is 1. The van der Waals surface area contributed by atoms with Gasteiger partial charge in [0.05, 0.1) is 5.69 Å². The molecule has 3 aromatic rings. The highest BCUT2D eigenvalue weighted by Gasteiger charge is 2.45. The number of nitrogens with one attached hydrogen (secondary N) is 1. The molecule has 136 valence electrons. The summed E-state index contributed by atoms with van der Waals surface area (Å²) in [5.74, 6) is 0. The van der Waals surface area contributed by atoms with Crippen LogP contribution in [0.2, 0.25) is 0 Å². The van der Waals surface area contributed by atoms with Gasteiger partial charge in [-0.2, -0.15) is 13.2 Å². The van der Waals surface area contributed by atoms with Crippen LogP contribution in [0.3, 0.4) is 0 Å². The molecule has 0 aromatic carbocycles. The van der Waals surface area contributed by atoms with Crippen LogP contribution >= 0.6 is 0 Å². The number of aryl methyl sites for hydroxylation is 2. The summed E-state index contributed by atoms with van der Waals surface area (Å²) in [6, 6.07) is 5.31. The minimum atomic E-state index is -5.32. The number of imidazole rings is 2. The van der Waals surface area contributed by atoms with Gasteiger partial charge in [0, 0.05) is 13.1 Å². The zero-order valence-corrected chi connectivity index (χ0v) is 14.0. The second kappa shape index (κ2) is 5.99. The van der Waals surface area contributed by atoms with Gasteiger partial charge in [-0.25, -0.2) is 18.1 Å². The molecule has 3 aromatic heterocycles. The number of pyridine rings is 1. The molecule has 7 nitrogen and oxygen atoms in total. The molecule has 0 fully saturated rings. The van der Waals surface area contributed by atoms with Crippen LogP contribution in [0.25, 0.3) is 16.8 Å². The molecule has 0 unspecified atom stereocenters. The summed E-state index contributed by atoms with van der Waals surface area (Å²) in [7, 11) is -5.32. The molecule has 0 amide bonds. The van der Waals surface area contributed by atoms with Crippen LogP contribution in [-0.2, 0) is 16.6 Å². The van der Waals surface area contributed by atoms with Crippen LogP contribution in [0, 0.1) is 6.92 Å². The lowest BCUT2D eigenvalue weighted by atomic mass is 10.3. The van der Waals surface area contributed by atoms with Crippen molar-refractivity contribution >= 4 is 26.8 Å². The average molecular weight is 376 g/mol. The van der Waals surface area contributed by atoms with Crippen molar-refractivity contribution in [2.24, 2.45) is 0 Å². The van der Waals surface area contributed by atoms with E-state index >= 15 is 0 Å². The van der Waals surface area contributed by atoms with Gasteiger partial charge >= 0.3 is 15.5 Å².